The average Bonchev–Trinajstić information content (AvgIpc) is 3.52. The number of piperazine rings is 1. The number of nitrogens with zero attached hydrogens (tertiary/aromatic N) is 5. The summed E-state index contributed by atoms with van der Waals surface area (Å²) in [6.45, 7) is 6.19. The van der Waals surface area contributed by atoms with Gasteiger partial charge in [0.25, 0.3) is 0 Å². The van der Waals surface area contributed by atoms with Gasteiger partial charge in [-0.2, -0.15) is 0 Å². The SMILES string of the molecule is CC(=O)N1CCN(C2CC(n3cc(-c4cc(OC[C@@H]5CCCO5)ccc4F)c4c(N)ncnc43)C2)CC1. The first-order chi connectivity index (χ1) is 18.0. The van der Waals surface area contributed by atoms with Crippen molar-refractivity contribution in [1.29, 1.82) is 0 Å². The normalized spacial score (nSPS) is 24.4. The number of benzene rings is 1. The van der Waals surface area contributed by atoms with Crippen LogP contribution in [0, 0.1) is 5.82 Å². The van der Waals surface area contributed by atoms with Crippen molar-refractivity contribution in [1.82, 2.24) is 24.3 Å². The molecule has 4 heterocycles. The van der Waals surface area contributed by atoms with Crippen LogP contribution in [0.2, 0.25) is 0 Å². The molecule has 0 radical (unpaired) electrons. The van der Waals surface area contributed by atoms with Crippen LogP contribution in [-0.4, -0.2) is 81.8 Å². The van der Waals surface area contributed by atoms with Crippen LogP contribution in [0.3, 0.4) is 0 Å². The molecule has 2 aromatic heterocycles. The number of carbonyl (C=O) groups excluding carboxylic acids is 1. The van der Waals surface area contributed by atoms with Crippen molar-refractivity contribution in [3.8, 4) is 16.9 Å². The first kappa shape index (κ1) is 24.1. The lowest BCUT2D eigenvalue weighted by molar-refractivity contribution is -0.131. The minimum absolute atomic E-state index is 0.0801. The van der Waals surface area contributed by atoms with Gasteiger partial charge in [-0.1, -0.05) is 0 Å². The zero-order valence-electron chi connectivity index (χ0n) is 21.1. The van der Waals surface area contributed by atoms with Gasteiger partial charge in [-0.3, -0.25) is 9.69 Å². The molecule has 1 aromatic carbocycles. The van der Waals surface area contributed by atoms with Crippen LogP contribution in [0.15, 0.2) is 30.7 Å². The Morgan fingerprint density at radius 1 is 1.16 bits per heavy atom. The Labute approximate surface area is 215 Å². The van der Waals surface area contributed by atoms with Gasteiger partial charge in [-0.15, -0.1) is 0 Å². The van der Waals surface area contributed by atoms with E-state index < -0.39 is 0 Å². The predicted molar refractivity (Wildman–Crippen MR) is 138 cm³/mol. The number of aromatic nitrogens is 3. The van der Waals surface area contributed by atoms with E-state index in [0.29, 0.717) is 40.7 Å². The molecule has 2 N–H and O–H groups in total. The summed E-state index contributed by atoms with van der Waals surface area (Å²) in [5.74, 6) is 0.724. The Balaban J connectivity index is 1.23. The van der Waals surface area contributed by atoms with Gasteiger partial charge in [0.15, 0.2) is 0 Å². The number of hydrogen-bond donors (Lipinski definition) is 1. The zero-order valence-corrected chi connectivity index (χ0v) is 21.1. The van der Waals surface area contributed by atoms with Gasteiger partial charge in [0, 0.05) is 69.1 Å². The van der Waals surface area contributed by atoms with Crippen molar-refractivity contribution in [3.05, 3.63) is 36.5 Å². The van der Waals surface area contributed by atoms with E-state index in [2.05, 4.69) is 19.4 Å². The minimum Gasteiger partial charge on any atom is -0.491 e. The quantitative estimate of drug-likeness (QED) is 0.546. The van der Waals surface area contributed by atoms with E-state index in [1.54, 1.807) is 19.1 Å². The number of anilines is 1. The third-order valence-corrected chi connectivity index (χ3v) is 8.08. The summed E-state index contributed by atoms with van der Waals surface area (Å²) < 4.78 is 28.9. The number of nitrogens with two attached hydrogens (primary N) is 1. The van der Waals surface area contributed by atoms with Gasteiger partial charge in [-0.25, -0.2) is 14.4 Å². The fraction of sp³-hybridized carbons (Fsp3) is 0.519. The zero-order chi connectivity index (χ0) is 25.5. The molecular formula is C27H33FN6O3. The summed E-state index contributed by atoms with van der Waals surface area (Å²) in [7, 11) is 0. The second-order valence-electron chi connectivity index (χ2n) is 10.3. The molecule has 1 atom stereocenters. The van der Waals surface area contributed by atoms with Crippen molar-refractivity contribution in [3.63, 3.8) is 0 Å². The molecule has 3 aromatic rings. The maximum atomic E-state index is 15.1. The first-order valence-corrected chi connectivity index (χ1v) is 13.1. The van der Waals surface area contributed by atoms with Crippen LogP contribution >= 0.6 is 0 Å². The Morgan fingerprint density at radius 2 is 1.97 bits per heavy atom. The van der Waals surface area contributed by atoms with Crippen molar-refractivity contribution in [2.24, 2.45) is 0 Å². The molecule has 1 amide bonds. The molecule has 0 bridgehead atoms. The molecule has 196 valence electrons. The van der Waals surface area contributed by atoms with Crippen molar-refractivity contribution < 1.29 is 18.7 Å². The molecule has 0 spiro atoms. The highest BCUT2D eigenvalue weighted by atomic mass is 19.1. The van der Waals surface area contributed by atoms with E-state index in [0.717, 1.165) is 64.1 Å². The molecule has 3 aliphatic rings. The van der Waals surface area contributed by atoms with Gasteiger partial charge in [0.1, 0.15) is 36.0 Å². The van der Waals surface area contributed by atoms with Gasteiger partial charge >= 0.3 is 0 Å². The molecule has 1 aliphatic carbocycles. The van der Waals surface area contributed by atoms with Crippen molar-refractivity contribution in [2.75, 3.05) is 45.1 Å². The lowest BCUT2D eigenvalue weighted by atomic mass is 9.85. The maximum Gasteiger partial charge on any atom is 0.219 e. The van der Waals surface area contributed by atoms with E-state index in [1.807, 2.05) is 11.1 Å². The second kappa shape index (κ2) is 9.90. The number of ether oxygens (including phenoxy) is 2. The van der Waals surface area contributed by atoms with E-state index in [-0.39, 0.29) is 23.9 Å². The largest absolute Gasteiger partial charge is 0.491 e. The van der Waals surface area contributed by atoms with Crippen LogP contribution in [0.4, 0.5) is 10.2 Å². The molecule has 0 unspecified atom stereocenters. The van der Waals surface area contributed by atoms with E-state index in [1.165, 1.54) is 12.4 Å². The molecular weight excluding hydrogens is 475 g/mol. The number of halogens is 1. The fourth-order valence-corrected chi connectivity index (χ4v) is 5.84. The molecule has 2 aliphatic heterocycles. The number of rotatable bonds is 6. The third kappa shape index (κ3) is 4.64. The summed E-state index contributed by atoms with van der Waals surface area (Å²) in [5.41, 5.74) is 8.12. The Kier molecular flexibility index (Phi) is 6.46. The number of nitrogen functional groups attached to an aromatic ring is 1. The molecule has 3 fully saturated rings. The van der Waals surface area contributed by atoms with Crippen LogP contribution in [0.25, 0.3) is 22.2 Å². The topological polar surface area (TPSA) is 98.7 Å². The van der Waals surface area contributed by atoms with Gasteiger partial charge in [-0.05, 0) is 43.9 Å². The van der Waals surface area contributed by atoms with Crippen molar-refractivity contribution in [2.45, 2.75) is 50.8 Å². The monoisotopic (exact) mass is 508 g/mol. The highest BCUT2D eigenvalue weighted by Gasteiger charge is 2.37. The molecule has 9 nitrogen and oxygen atoms in total. The predicted octanol–water partition coefficient (Wildman–Crippen LogP) is 3.25. The summed E-state index contributed by atoms with van der Waals surface area (Å²) in [6, 6.07) is 5.51. The highest BCUT2D eigenvalue weighted by Crippen LogP contribution is 2.42. The van der Waals surface area contributed by atoms with Crippen LogP contribution in [0.1, 0.15) is 38.6 Å². The van der Waals surface area contributed by atoms with Crippen LogP contribution in [-0.2, 0) is 9.53 Å². The third-order valence-electron chi connectivity index (χ3n) is 8.08. The number of fused-ring (bicyclic) bond motifs is 1. The summed E-state index contributed by atoms with van der Waals surface area (Å²) in [5, 5.41) is 0.663. The van der Waals surface area contributed by atoms with Crippen LogP contribution < -0.4 is 10.5 Å². The first-order valence-electron chi connectivity index (χ1n) is 13.1. The van der Waals surface area contributed by atoms with E-state index in [9.17, 15) is 4.79 Å². The summed E-state index contributed by atoms with van der Waals surface area (Å²) in [6.07, 6.45) is 7.47. The van der Waals surface area contributed by atoms with Gasteiger partial charge in [0.2, 0.25) is 5.91 Å². The molecule has 37 heavy (non-hydrogen) atoms. The number of carbonyl (C=O) groups is 1. The average molecular weight is 509 g/mol. The Bertz CT molecular complexity index is 1290. The standard InChI is InChI=1S/C27H33FN6O3/c1-17(35)32-6-8-33(9-7-32)18-11-19(12-18)34-14-23(25-26(29)30-16-31-27(25)34)22-13-20(4-5-24(22)28)37-15-21-3-2-10-36-21/h4-5,13-14,16,18-19,21H,2-3,6-12,15H2,1H3,(H2,29,30,31)/t18?,19?,21-/m0/s1. The summed E-state index contributed by atoms with van der Waals surface area (Å²) in [4.78, 5) is 24.8. The minimum atomic E-state index is -0.346. The molecule has 1 saturated carbocycles. The Hall–Kier alpha value is -3.24. The van der Waals surface area contributed by atoms with Gasteiger partial charge in [0.05, 0.1) is 11.5 Å². The highest BCUT2D eigenvalue weighted by molar-refractivity contribution is 6.01. The van der Waals surface area contributed by atoms with Gasteiger partial charge < -0.3 is 24.7 Å². The van der Waals surface area contributed by atoms with E-state index >= 15 is 4.39 Å². The molecule has 2 saturated heterocycles. The second-order valence-corrected chi connectivity index (χ2v) is 10.3. The molecule has 6 rings (SSSR count). The fourth-order valence-electron chi connectivity index (χ4n) is 5.84. The lowest BCUT2D eigenvalue weighted by Crippen LogP contribution is -2.54. The smallest absolute Gasteiger partial charge is 0.219 e. The van der Waals surface area contributed by atoms with Crippen LogP contribution in [0.5, 0.6) is 5.75 Å². The lowest BCUT2D eigenvalue weighted by Gasteiger charge is -2.46. The van der Waals surface area contributed by atoms with E-state index in [4.69, 9.17) is 15.2 Å². The number of hydrogen-bond acceptors (Lipinski definition) is 7. The van der Waals surface area contributed by atoms with Crippen molar-refractivity contribution >= 4 is 22.8 Å². The summed E-state index contributed by atoms with van der Waals surface area (Å²) >= 11 is 0. The number of amides is 1. The Morgan fingerprint density at radius 3 is 2.70 bits per heavy atom. The molecule has 10 heteroatoms. The maximum absolute atomic E-state index is 15.1.